The van der Waals surface area contributed by atoms with Crippen molar-refractivity contribution in [1.82, 2.24) is 4.90 Å². The van der Waals surface area contributed by atoms with Gasteiger partial charge in [-0.25, -0.2) is 0 Å². The molecule has 0 aromatic heterocycles. The maximum atomic E-state index is 14.1. The van der Waals surface area contributed by atoms with Gasteiger partial charge in [-0.05, 0) is 80.6 Å². The molecule has 4 aliphatic rings. The van der Waals surface area contributed by atoms with Crippen molar-refractivity contribution >= 4 is 11.6 Å². The first kappa shape index (κ1) is 38.1. The maximum Gasteiger partial charge on any atom is 0.239 e. The van der Waals surface area contributed by atoms with Crippen LogP contribution in [0.2, 0.25) is 0 Å². The van der Waals surface area contributed by atoms with Gasteiger partial charge >= 0.3 is 0 Å². The third kappa shape index (κ3) is 8.32. The van der Waals surface area contributed by atoms with Gasteiger partial charge in [-0.1, -0.05) is 68.5 Å². The minimum absolute atomic E-state index is 0.0646. The number of aliphatic hydroxyl groups is 2. The van der Waals surface area contributed by atoms with Crippen LogP contribution in [0.4, 0.5) is 0 Å². The van der Waals surface area contributed by atoms with Gasteiger partial charge in [-0.15, -0.1) is 6.58 Å². The summed E-state index contributed by atoms with van der Waals surface area (Å²) in [4.78, 5) is 21.8. The number of carbonyl (C=O) groups is 1. The summed E-state index contributed by atoms with van der Waals surface area (Å²) in [5, 5.41) is 24.3. The van der Waals surface area contributed by atoms with Gasteiger partial charge in [0.1, 0.15) is 30.8 Å². The third-order valence-corrected chi connectivity index (χ3v) is 11.4. The van der Waals surface area contributed by atoms with Crippen LogP contribution in [-0.4, -0.2) is 78.6 Å². The van der Waals surface area contributed by atoms with E-state index in [4.69, 9.17) is 24.2 Å². The summed E-state index contributed by atoms with van der Waals surface area (Å²) in [6.45, 7) is 11.1. The lowest BCUT2D eigenvalue weighted by atomic mass is 9.55. The van der Waals surface area contributed by atoms with Crippen LogP contribution in [0.1, 0.15) is 102 Å². The van der Waals surface area contributed by atoms with Gasteiger partial charge < -0.3 is 34.2 Å². The highest BCUT2D eigenvalue weighted by atomic mass is 16.7. The van der Waals surface area contributed by atoms with Crippen LogP contribution in [0.15, 0.2) is 60.3 Å². The van der Waals surface area contributed by atoms with Gasteiger partial charge in [0.25, 0.3) is 0 Å². The summed E-state index contributed by atoms with van der Waals surface area (Å²) in [6.07, 6.45) is 17.6. The number of likely N-dealkylation sites (N-methyl/N-ethyl adjacent to an activating group) is 1. The number of oxime groups is 1. The Balaban J connectivity index is 1.68. The molecule has 3 aliphatic carbocycles. The van der Waals surface area contributed by atoms with Crippen molar-refractivity contribution < 1.29 is 34.1 Å². The van der Waals surface area contributed by atoms with Crippen molar-refractivity contribution in [1.29, 1.82) is 0 Å². The highest BCUT2D eigenvalue weighted by Crippen LogP contribution is 2.61. The molecule has 0 bridgehead atoms. The molecule has 0 saturated heterocycles. The topological polar surface area (TPSA) is 110 Å². The van der Waals surface area contributed by atoms with E-state index < -0.39 is 11.8 Å². The zero-order valence-corrected chi connectivity index (χ0v) is 30.4. The number of ether oxygens (including phenoxy) is 3. The molecule has 1 heterocycles. The standard InChI is InChI=1S/C41H60N2O7/c1-5-24-47-31-19-20-36-34(27-31)39-32(17-11-13-23-45)30(16-10-12-22-44)26-33-35(42-49-7-3)28-37(41(50-36,40(33)39)48-25-6-2)43(4)38(46)21-18-29-14-8-9-15-29/h5-6,19-20,26-27,29-30,32,37,39-40,44-45H,1-2,7-18,21-25,28H2,3-4H3. The molecule has 2 N–H and O–H groups in total. The number of amides is 1. The molecule has 50 heavy (non-hydrogen) atoms. The molecule has 6 unspecified atom stereocenters. The molecule has 9 nitrogen and oxygen atoms in total. The second-order valence-electron chi connectivity index (χ2n) is 14.5. The van der Waals surface area contributed by atoms with Crippen molar-refractivity contribution in [2.45, 2.75) is 108 Å². The van der Waals surface area contributed by atoms with Crippen LogP contribution < -0.4 is 9.47 Å². The zero-order chi connectivity index (χ0) is 35.5. The zero-order valence-electron chi connectivity index (χ0n) is 30.4. The number of aliphatic hydroxyl groups excluding tert-OH is 2. The monoisotopic (exact) mass is 692 g/mol. The fourth-order valence-electron chi connectivity index (χ4n) is 9.09. The molecule has 6 atom stereocenters. The molecule has 2 saturated carbocycles. The fourth-order valence-corrected chi connectivity index (χ4v) is 9.09. The normalized spacial score (nSPS) is 27.9. The van der Waals surface area contributed by atoms with Gasteiger partial charge in [0, 0.05) is 44.6 Å². The molecule has 1 aromatic rings. The lowest BCUT2D eigenvalue weighted by Gasteiger charge is -2.59. The summed E-state index contributed by atoms with van der Waals surface area (Å²) in [7, 11) is 1.90. The van der Waals surface area contributed by atoms with E-state index in [0.29, 0.717) is 32.0 Å². The van der Waals surface area contributed by atoms with Gasteiger partial charge in [-0.3, -0.25) is 4.79 Å². The van der Waals surface area contributed by atoms with E-state index >= 15 is 0 Å². The molecule has 1 aromatic carbocycles. The minimum atomic E-state index is -1.21. The lowest BCUT2D eigenvalue weighted by molar-refractivity contribution is -0.255. The average molecular weight is 693 g/mol. The molecule has 9 heteroatoms. The number of rotatable bonds is 20. The number of unbranched alkanes of at least 4 members (excludes halogenated alkanes) is 2. The Morgan fingerprint density at radius 1 is 1.06 bits per heavy atom. The van der Waals surface area contributed by atoms with Crippen molar-refractivity contribution in [3.8, 4) is 11.5 Å². The van der Waals surface area contributed by atoms with E-state index in [1.54, 1.807) is 12.2 Å². The van der Waals surface area contributed by atoms with E-state index in [1.165, 1.54) is 25.7 Å². The van der Waals surface area contributed by atoms with Gasteiger partial charge in [-0.2, -0.15) is 0 Å². The Labute approximate surface area is 299 Å². The Hall–Kier alpha value is -3.14. The summed E-state index contributed by atoms with van der Waals surface area (Å²) < 4.78 is 20.2. The SMILES string of the molecule is C=CCOc1ccc2c(c1)C1C(CCCCO)C(CCCCO)C=C3C(=NOCC)CC(N(C)C(=O)CCC4CCCC4)C(OCC=C)(O2)C31. The van der Waals surface area contributed by atoms with Crippen LogP contribution in [-0.2, 0) is 14.4 Å². The summed E-state index contributed by atoms with van der Waals surface area (Å²) in [5.74, 6) is 0.938. The molecule has 1 aliphatic heterocycles. The average Bonchev–Trinajstić information content (AvgIpc) is 3.66. The molecule has 1 amide bonds. The number of carbonyl (C=O) groups excluding carboxylic acids is 1. The molecule has 5 rings (SSSR count). The Kier molecular flexibility index (Phi) is 14.0. The number of fused-ring (bicyclic) bond motifs is 2. The van der Waals surface area contributed by atoms with Gasteiger partial charge in [0.15, 0.2) is 0 Å². The van der Waals surface area contributed by atoms with Crippen LogP contribution in [0.25, 0.3) is 0 Å². The van der Waals surface area contributed by atoms with Crippen molar-refractivity contribution in [3.05, 3.63) is 60.7 Å². The van der Waals surface area contributed by atoms with Crippen molar-refractivity contribution in [3.63, 3.8) is 0 Å². The molecular weight excluding hydrogens is 632 g/mol. The molecule has 2 fully saturated rings. The second kappa shape index (κ2) is 18.4. The van der Waals surface area contributed by atoms with Crippen LogP contribution in [0, 0.1) is 23.7 Å². The summed E-state index contributed by atoms with van der Waals surface area (Å²) in [5.41, 5.74) is 2.92. The van der Waals surface area contributed by atoms with Crippen LogP contribution in [0.5, 0.6) is 11.5 Å². The third-order valence-electron chi connectivity index (χ3n) is 11.4. The number of hydrogen-bond donors (Lipinski definition) is 2. The number of hydrogen-bond acceptors (Lipinski definition) is 8. The number of nitrogens with zero attached hydrogens (tertiary/aromatic N) is 2. The Bertz CT molecular complexity index is 1350. The predicted octanol–water partition coefficient (Wildman–Crippen LogP) is 7.33. The predicted molar refractivity (Wildman–Crippen MR) is 196 cm³/mol. The van der Waals surface area contributed by atoms with E-state index in [-0.39, 0.29) is 49.4 Å². The molecule has 0 radical (unpaired) electrons. The lowest BCUT2D eigenvalue weighted by Crippen LogP contribution is -2.69. The number of benzene rings is 1. The quantitative estimate of drug-likeness (QED) is 0.0837. The van der Waals surface area contributed by atoms with Gasteiger partial charge in [0.05, 0.1) is 18.2 Å². The van der Waals surface area contributed by atoms with Crippen LogP contribution >= 0.6 is 0 Å². The maximum absolute atomic E-state index is 14.1. The molecular formula is C41H60N2O7. The van der Waals surface area contributed by atoms with E-state index in [2.05, 4.69) is 25.3 Å². The first-order valence-electron chi connectivity index (χ1n) is 19.1. The number of allylic oxidation sites excluding steroid dienone is 1. The summed E-state index contributed by atoms with van der Waals surface area (Å²) in [6, 6.07) is 5.54. The molecule has 0 spiro atoms. The first-order valence-corrected chi connectivity index (χ1v) is 19.1. The highest BCUT2D eigenvalue weighted by molar-refractivity contribution is 6.03. The largest absolute Gasteiger partial charge is 0.490 e. The van der Waals surface area contributed by atoms with E-state index in [1.807, 2.05) is 31.0 Å². The van der Waals surface area contributed by atoms with Crippen molar-refractivity contribution in [2.75, 3.05) is 40.1 Å². The second-order valence-corrected chi connectivity index (χ2v) is 14.5. The Morgan fingerprint density at radius 2 is 1.80 bits per heavy atom. The van der Waals surface area contributed by atoms with Crippen LogP contribution in [0.3, 0.4) is 0 Å². The van der Waals surface area contributed by atoms with E-state index in [9.17, 15) is 15.0 Å². The summed E-state index contributed by atoms with van der Waals surface area (Å²) >= 11 is 0. The molecule has 276 valence electrons. The van der Waals surface area contributed by atoms with Gasteiger partial charge in [0.2, 0.25) is 11.7 Å². The Morgan fingerprint density at radius 3 is 2.50 bits per heavy atom. The first-order chi connectivity index (χ1) is 24.4. The highest BCUT2D eigenvalue weighted by Gasteiger charge is 2.65. The van der Waals surface area contributed by atoms with E-state index in [0.717, 1.165) is 73.3 Å². The smallest absolute Gasteiger partial charge is 0.239 e. The van der Waals surface area contributed by atoms with Crippen molar-refractivity contribution in [2.24, 2.45) is 28.8 Å². The fraction of sp³-hybridized carbons (Fsp3) is 0.659. The minimum Gasteiger partial charge on any atom is -0.490 e.